The van der Waals surface area contributed by atoms with E-state index in [1.807, 2.05) is 32.9 Å². The second kappa shape index (κ2) is 9.68. The number of halogens is 1. The van der Waals surface area contributed by atoms with Crippen molar-refractivity contribution in [1.29, 1.82) is 0 Å². The van der Waals surface area contributed by atoms with Crippen LogP contribution in [0.3, 0.4) is 0 Å². The Morgan fingerprint density at radius 2 is 2.04 bits per heavy atom. The van der Waals surface area contributed by atoms with Gasteiger partial charge in [-0.3, -0.25) is 0 Å². The van der Waals surface area contributed by atoms with Gasteiger partial charge in [-0.2, -0.15) is 5.10 Å². The largest absolute Gasteiger partial charge is 0.490 e. The molecule has 0 heterocycles. The van der Waals surface area contributed by atoms with Gasteiger partial charge in [0, 0.05) is 10.7 Å². The minimum Gasteiger partial charge on any atom is -0.490 e. The molecule has 0 atom stereocenters. The van der Waals surface area contributed by atoms with Gasteiger partial charge in [-0.25, -0.2) is 10.2 Å². The summed E-state index contributed by atoms with van der Waals surface area (Å²) >= 11 is 5.87. The van der Waals surface area contributed by atoms with Gasteiger partial charge in [-0.1, -0.05) is 17.7 Å². The average Bonchev–Trinajstić information content (AvgIpc) is 2.57. The summed E-state index contributed by atoms with van der Waals surface area (Å²) in [6.45, 7) is 6.33. The van der Waals surface area contributed by atoms with Crippen LogP contribution in [0, 0.1) is 0 Å². The SMILES string of the molecule is CCOc1cc(/C=N\NC(=O)Nc2cccc(Cl)c2)ccc1OC(C)C. The lowest BCUT2D eigenvalue weighted by atomic mass is 10.2. The first kappa shape index (κ1) is 19.6. The molecule has 0 saturated carbocycles. The molecule has 2 aromatic carbocycles. The maximum atomic E-state index is 11.8. The van der Waals surface area contributed by atoms with Crippen LogP contribution in [0.2, 0.25) is 5.02 Å². The van der Waals surface area contributed by atoms with E-state index in [2.05, 4.69) is 15.8 Å². The maximum absolute atomic E-state index is 11.8. The van der Waals surface area contributed by atoms with Crippen molar-refractivity contribution in [2.24, 2.45) is 5.10 Å². The van der Waals surface area contributed by atoms with Crippen LogP contribution in [-0.4, -0.2) is 25.0 Å². The number of carbonyl (C=O) groups excluding carboxylic acids is 1. The number of carbonyl (C=O) groups is 1. The van der Waals surface area contributed by atoms with E-state index in [9.17, 15) is 4.79 Å². The molecule has 0 unspecified atom stereocenters. The highest BCUT2D eigenvalue weighted by molar-refractivity contribution is 6.30. The molecule has 2 amide bonds. The predicted molar refractivity (Wildman–Crippen MR) is 105 cm³/mol. The van der Waals surface area contributed by atoms with E-state index in [1.165, 1.54) is 6.21 Å². The molecule has 7 heteroatoms. The van der Waals surface area contributed by atoms with Gasteiger partial charge >= 0.3 is 6.03 Å². The van der Waals surface area contributed by atoms with Crippen molar-refractivity contribution in [3.05, 3.63) is 53.1 Å². The number of hydrogen-bond acceptors (Lipinski definition) is 4. The zero-order chi connectivity index (χ0) is 18.9. The highest BCUT2D eigenvalue weighted by Crippen LogP contribution is 2.28. The smallest absolute Gasteiger partial charge is 0.339 e. The van der Waals surface area contributed by atoms with E-state index in [0.717, 1.165) is 5.56 Å². The molecule has 26 heavy (non-hydrogen) atoms. The van der Waals surface area contributed by atoms with Crippen LogP contribution in [0.25, 0.3) is 0 Å². The van der Waals surface area contributed by atoms with Crippen molar-refractivity contribution < 1.29 is 14.3 Å². The lowest BCUT2D eigenvalue weighted by Crippen LogP contribution is -2.24. The zero-order valence-corrected chi connectivity index (χ0v) is 15.7. The van der Waals surface area contributed by atoms with Crippen molar-refractivity contribution in [2.45, 2.75) is 26.9 Å². The number of anilines is 1. The third-order valence-electron chi connectivity index (χ3n) is 3.09. The number of hydrazone groups is 1. The molecule has 0 aromatic heterocycles. The van der Waals surface area contributed by atoms with Gasteiger partial charge < -0.3 is 14.8 Å². The highest BCUT2D eigenvalue weighted by atomic mass is 35.5. The molecule has 0 aliphatic rings. The van der Waals surface area contributed by atoms with Crippen LogP contribution in [-0.2, 0) is 0 Å². The fraction of sp³-hybridized carbons (Fsp3) is 0.263. The van der Waals surface area contributed by atoms with Crippen LogP contribution >= 0.6 is 11.6 Å². The number of nitrogens with one attached hydrogen (secondary N) is 2. The van der Waals surface area contributed by atoms with E-state index in [0.29, 0.717) is 28.8 Å². The molecule has 0 aliphatic carbocycles. The molecule has 0 radical (unpaired) electrons. The summed E-state index contributed by atoms with van der Waals surface area (Å²) in [5.74, 6) is 1.30. The van der Waals surface area contributed by atoms with Gasteiger partial charge in [0.1, 0.15) is 0 Å². The van der Waals surface area contributed by atoms with Crippen molar-refractivity contribution in [3.63, 3.8) is 0 Å². The van der Waals surface area contributed by atoms with E-state index in [1.54, 1.807) is 30.3 Å². The standard InChI is InChI=1S/C19H22ClN3O3/c1-4-25-18-10-14(8-9-17(18)26-13(2)3)12-21-23-19(24)22-16-7-5-6-15(20)11-16/h5-13H,4H2,1-3H3,(H2,22,23,24)/b21-12-. The van der Waals surface area contributed by atoms with E-state index in [-0.39, 0.29) is 6.10 Å². The molecule has 2 N–H and O–H groups in total. The fourth-order valence-electron chi connectivity index (χ4n) is 2.12. The molecule has 2 rings (SSSR count). The van der Waals surface area contributed by atoms with Crippen molar-refractivity contribution in [3.8, 4) is 11.5 Å². The molecule has 0 saturated heterocycles. The molecule has 6 nitrogen and oxygen atoms in total. The van der Waals surface area contributed by atoms with Crippen LogP contribution < -0.4 is 20.2 Å². The van der Waals surface area contributed by atoms with Crippen molar-refractivity contribution in [2.75, 3.05) is 11.9 Å². The Morgan fingerprint density at radius 1 is 1.23 bits per heavy atom. The zero-order valence-electron chi connectivity index (χ0n) is 15.0. The Balaban J connectivity index is 1.98. The lowest BCUT2D eigenvalue weighted by Gasteiger charge is -2.14. The summed E-state index contributed by atoms with van der Waals surface area (Å²) in [5, 5.41) is 7.11. The minimum atomic E-state index is -0.465. The Kier molecular flexibility index (Phi) is 7.29. The number of rotatable bonds is 7. The van der Waals surface area contributed by atoms with Gasteiger partial charge in [0.15, 0.2) is 11.5 Å². The summed E-state index contributed by atoms with van der Waals surface area (Å²) in [5.41, 5.74) is 3.75. The van der Waals surface area contributed by atoms with E-state index in [4.69, 9.17) is 21.1 Å². The molecule has 0 aliphatic heterocycles. The van der Waals surface area contributed by atoms with Crippen LogP contribution in [0.15, 0.2) is 47.6 Å². The number of amides is 2. The van der Waals surface area contributed by atoms with Gasteiger partial charge in [-0.05, 0) is 62.7 Å². The Hall–Kier alpha value is -2.73. The molecular formula is C19H22ClN3O3. The fourth-order valence-corrected chi connectivity index (χ4v) is 2.31. The Morgan fingerprint density at radius 3 is 2.73 bits per heavy atom. The number of urea groups is 1. The lowest BCUT2D eigenvalue weighted by molar-refractivity contribution is 0.224. The van der Waals surface area contributed by atoms with E-state index >= 15 is 0 Å². The second-order valence-corrected chi connectivity index (χ2v) is 6.08. The first-order chi connectivity index (χ1) is 12.5. The summed E-state index contributed by atoms with van der Waals surface area (Å²) in [6, 6.07) is 11.8. The summed E-state index contributed by atoms with van der Waals surface area (Å²) in [7, 11) is 0. The summed E-state index contributed by atoms with van der Waals surface area (Å²) < 4.78 is 11.3. The molecule has 138 valence electrons. The highest BCUT2D eigenvalue weighted by Gasteiger charge is 2.07. The number of benzene rings is 2. The van der Waals surface area contributed by atoms with Gasteiger partial charge in [0.25, 0.3) is 0 Å². The first-order valence-electron chi connectivity index (χ1n) is 8.27. The monoisotopic (exact) mass is 375 g/mol. The molecule has 0 fully saturated rings. The predicted octanol–water partition coefficient (Wildman–Crippen LogP) is 4.68. The van der Waals surface area contributed by atoms with E-state index < -0.39 is 6.03 Å². The quantitative estimate of drug-likeness (QED) is 0.545. The Labute approximate surface area is 158 Å². The number of ether oxygens (including phenoxy) is 2. The normalized spacial score (nSPS) is 10.8. The maximum Gasteiger partial charge on any atom is 0.339 e. The molecule has 2 aromatic rings. The molecule has 0 bridgehead atoms. The van der Waals surface area contributed by atoms with Gasteiger partial charge in [-0.15, -0.1) is 0 Å². The topological polar surface area (TPSA) is 72.0 Å². The first-order valence-corrected chi connectivity index (χ1v) is 8.65. The second-order valence-electron chi connectivity index (χ2n) is 5.64. The Bertz CT molecular complexity index is 778. The number of hydrogen-bond donors (Lipinski definition) is 2. The van der Waals surface area contributed by atoms with Crippen LogP contribution in [0.1, 0.15) is 26.3 Å². The summed E-state index contributed by atoms with van der Waals surface area (Å²) in [6.07, 6.45) is 1.57. The average molecular weight is 376 g/mol. The van der Waals surface area contributed by atoms with Crippen molar-refractivity contribution in [1.82, 2.24) is 5.43 Å². The third-order valence-corrected chi connectivity index (χ3v) is 3.33. The van der Waals surface area contributed by atoms with Crippen LogP contribution in [0.5, 0.6) is 11.5 Å². The minimum absolute atomic E-state index is 0.0468. The number of nitrogens with zero attached hydrogens (tertiary/aromatic N) is 1. The molecule has 0 spiro atoms. The van der Waals surface area contributed by atoms with Crippen molar-refractivity contribution >= 4 is 29.5 Å². The third kappa shape index (κ3) is 6.29. The van der Waals surface area contributed by atoms with Gasteiger partial charge in [0.2, 0.25) is 0 Å². The molecular weight excluding hydrogens is 354 g/mol. The summed E-state index contributed by atoms with van der Waals surface area (Å²) in [4.78, 5) is 11.8. The van der Waals surface area contributed by atoms with Crippen LogP contribution in [0.4, 0.5) is 10.5 Å². The van der Waals surface area contributed by atoms with Gasteiger partial charge in [0.05, 0.1) is 18.9 Å².